The number of nitrogens with zero attached hydrogens (tertiary/aromatic N) is 1. The molecular weight excluding hydrogens is 389 g/mol. The summed E-state index contributed by atoms with van der Waals surface area (Å²) in [7, 11) is 3.33. The molecule has 0 bridgehead atoms. The van der Waals surface area contributed by atoms with Crippen LogP contribution in [0.4, 0.5) is 4.39 Å². The zero-order valence-corrected chi connectivity index (χ0v) is 18.1. The number of ether oxygens (including phenoxy) is 2. The van der Waals surface area contributed by atoms with E-state index in [0.29, 0.717) is 6.54 Å². The molecule has 7 heteroatoms. The fourth-order valence-electron chi connectivity index (χ4n) is 3.58. The highest BCUT2D eigenvalue weighted by Crippen LogP contribution is 2.29. The highest BCUT2D eigenvalue weighted by molar-refractivity contribution is 7.80. The van der Waals surface area contributed by atoms with E-state index in [0.717, 1.165) is 54.9 Å². The number of benzene rings is 2. The Morgan fingerprint density at radius 2 is 1.72 bits per heavy atom. The van der Waals surface area contributed by atoms with Crippen molar-refractivity contribution < 1.29 is 18.8 Å². The van der Waals surface area contributed by atoms with E-state index in [1.165, 1.54) is 28.2 Å². The minimum absolute atomic E-state index is 0.222. The summed E-state index contributed by atoms with van der Waals surface area (Å²) >= 11 is 5.55. The van der Waals surface area contributed by atoms with Crippen LogP contribution in [0, 0.1) is 12.7 Å². The van der Waals surface area contributed by atoms with E-state index in [1.807, 2.05) is 6.07 Å². The molecule has 0 aliphatic carbocycles. The lowest BCUT2D eigenvalue weighted by atomic mass is 10.1. The zero-order valence-electron chi connectivity index (χ0n) is 17.3. The molecule has 0 spiro atoms. The maximum Gasteiger partial charge on any atom is 0.169 e. The van der Waals surface area contributed by atoms with Crippen molar-refractivity contribution in [3.8, 4) is 11.5 Å². The van der Waals surface area contributed by atoms with Crippen LogP contribution in [0.1, 0.15) is 16.7 Å². The van der Waals surface area contributed by atoms with Gasteiger partial charge >= 0.3 is 0 Å². The monoisotopic (exact) mass is 418 g/mol. The molecule has 29 heavy (non-hydrogen) atoms. The fourth-order valence-corrected chi connectivity index (χ4v) is 3.83. The zero-order chi connectivity index (χ0) is 20.8. The van der Waals surface area contributed by atoms with Crippen LogP contribution in [0.5, 0.6) is 11.5 Å². The van der Waals surface area contributed by atoms with Gasteiger partial charge in [-0.2, -0.15) is 0 Å². The molecule has 1 aliphatic rings. The van der Waals surface area contributed by atoms with Gasteiger partial charge in [-0.3, -0.25) is 0 Å². The van der Waals surface area contributed by atoms with Gasteiger partial charge in [-0.15, -0.1) is 0 Å². The molecule has 0 unspecified atom stereocenters. The van der Waals surface area contributed by atoms with Gasteiger partial charge in [0.05, 0.1) is 40.4 Å². The first-order valence-electron chi connectivity index (χ1n) is 9.82. The van der Waals surface area contributed by atoms with Crippen LogP contribution in [0.2, 0.25) is 0 Å². The molecule has 0 saturated carbocycles. The number of halogens is 1. The molecule has 1 heterocycles. The van der Waals surface area contributed by atoms with Gasteiger partial charge in [-0.05, 0) is 54.5 Å². The third kappa shape index (κ3) is 5.58. The number of aryl methyl sites for hydroxylation is 1. The second kappa shape index (κ2) is 9.89. The molecule has 0 atom stereocenters. The molecule has 3 rings (SSSR count). The Balaban J connectivity index is 1.50. The number of hydrogen-bond donors (Lipinski definition) is 2. The van der Waals surface area contributed by atoms with Gasteiger partial charge in [0, 0.05) is 12.1 Å². The van der Waals surface area contributed by atoms with Crippen LogP contribution >= 0.6 is 12.2 Å². The van der Waals surface area contributed by atoms with Gasteiger partial charge in [-0.25, -0.2) is 4.39 Å². The number of methoxy groups -OCH3 is 2. The summed E-state index contributed by atoms with van der Waals surface area (Å²) < 4.78 is 23.8. The van der Waals surface area contributed by atoms with E-state index >= 15 is 0 Å². The Hall–Kier alpha value is -2.38. The van der Waals surface area contributed by atoms with E-state index in [1.54, 1.807) is 26.4 Å². The van der Waals surface area contributed by atoms with Crippen molar-refractivity contribution in [1.29, 1.82) is 0 Å². The molecule has 1 aliphatic heterocycles. The van der Waals surface area contributed by atoms with Gasteiger partial charge in [0.2, 0.25) is 0 Å². The van der Waals surface area contributed by atoms with Crippen molar-refractivity contribution >= 4 is 17.3 Å². The maximum absolute atomic E-state index is 13.0. The lowest BCUT2D eigenvalue weighted by Gasteiger charge is -2.34. The van der Waals surface area contributed by atoms with Crippen LogP contribution in [0.3, 0.4) is 0 Å². The average Bonchev–Trinajstić information content (AvgIpc) is 2.74. The molecule has 5 nitrogen and oxygen atoms in total. The van der Waals surface area contributed by atoms with Gasteiger partial charge in [0.25, 0.3) is 0 Å². The fraction of sp³-hybridized carbons (Fsp3) is 0.409. The third-order valence-corrected chi connectivity index (χ3v) is 5.80. The van der Waals surface area contributed by atoms with Gasteiger partial charge < -0.3 is 24.6 Å². The van der Waals surface area contributed by atoms with Crippen molar-refractivity contribution in [3.63, 3.8) is 0 Å². The van der Waals surface area contributed by atoms with Crippen molar-refractivity contribution in [1.82, 2.24) is 10.2 Å². The summed E-state index contributed by atoms with van der Waals surface area (Å²) in [4.78, 5) is 3.74. The summed E-state index contributed by atoms with van der Waals surface area (Å²) in [5, 5.41) is 4.04. The van der Waals surface area contributed by atoms with Gasteiger partial charge in [0.1, 0.15) is 12.4 Å². The Kier molecular flexibility index (Phi) is 7.28. The SMILES string of the molecule is COc1cc(C)c(C[NH+]2CCN(C(=S)NCc3ccc(F)cc3)CC2)cc1OC. The largest absolute Gasteiger partial charge is 0.493 e. The number of piperazine rings is 1. The minimum atomic E-state index is -0.222. The predicted molar refractivity (Wildman–Crippen MR) is 116 cm³/mol. The minimum Gasteiger partial charge on any atom is -0.493 e. The van der Waals surface area contributed by atoms with Crippen LogP contribution in [-0.2, 0) is 13.1 Å². The smallest absolute Gasteiger partial charge is 0.169 e. The quantitative estimate of drug-likeness (QED) is 0.702. The summed E-state index contributed by atoms with van der Waals surface area (Å²) in [6.07, 6.45) is 0. The van der Waals surface area contributed by atoms with Crippen molar-refractivity contribution in [2.75, 3.05) is 40.4 Å². The number of quaternary nitrogens is 1. The van der Waals surface area contributed by atoms with E-state index in [9.17, 15) is 4.39 Å². The Morgan fingerprint density at radius 1 is 1.10 bits per heavy atom. The second-order valence-corrected chi connectivity index (χ2v) is 7.72. The molecule has 0 radical (unpaired) electrons. The molecule has 0 aromatic heterocycles. The number of hydrogen-bond acceptors (Lipinski definition) is 3. The summed E-state index contributed by atoms with van der Waals surface area (Å²) in [6, 6.07) is 10.6. The summed E-state index contributed by atoms with van der Waals surface area (Å²) in [5.74, 6) is 1.32. The number of nitrogens with one attached hydrogen (secondary N) is 2. The van der Waals surface area contributed by atoms with Crippen LogP contribution in [-0.4, -0.2) is 50.4 Å². The molecular formula is C22H29FN3O2S+. The van der Waals surface area contributed by atoms with Crippen molar-refractivity contribution in [3.05, 3.63) is 58.9 Å². The first-order valence-corrected chi connectivity index (χ1v) is 10.2. The van der Waals surface area contributed by atoms with Crippen molar-refractivity contribution in [2.45, 2.75) is 20.0 Å². The molecule has 0 amide bonds. The number of thiocarbonyl (C=S) groups is 1. The molecule has 1 fully saturated rings. The predicted octanol–water partition coefficient (Wildman–Crippen LogP) is 1.93. The second-order valence-electron chi connectivity index (χ2n) is 7.33. The normalized spacial score (nSPS) is 14.6. The highest BCUT2D eigenvalue weighted by Gasteiger charge is 2.23. The van der Waals surface area contributed by atoms with E-state index < -0.39 is 0 Å². The Bertz CT molecular complexity index is 837. The molecule has 1 saturated heterocycles. The third-order valence-electron chi connectivity index (χ3n) is 5.40. The van der Waals surface area contributed by atoms with Gasteiger partial charge in [-0.1, -0.05) is 12.1 Å². The standard InChI is InChI=1S/C22H28FN3O2S/c1-16-12-20(27-2)21(28-3)13-18(16)15-25-8-10-26(11-9-25)22(29)24-14-17-4-6-19(23)7-5-17/h4-7,12-13H,8-11,14-15H2,1-3H3,(H,24,29)/p+1. The lowest BCUT2D eigenvalue weighted by Crippen LogP contribution is -3.13. The molecule has 2 aromatic carbocycles. The Labute approximate surface area is 177 Å². The van der Waals surface area contributed by atoms with E-state index in [2.05, 4.69) is 23.2 Å². The maximum atomic E-state index is 13.0. The molecule has 2 N–H and O–H groups in total. The van der Waals surface area contributed by atoms with Crippen LogP contribution in [0.25, 0.3) is 0 Å². The van der Waals surface area contributed by atoms with Crippen LogP contribution < -0.4 is 19.7 Å². The van der Waals surface area contributed by atoms with Crippen molar-refractivity contribution in [2.24, 2.45) is 0 Å². The summed E-state index contributed by atoms with van der Waals surface area (Å²) in [5.41, 5.74) is 3.51. The highest BCUT2D eigenvalue weighted by atomic mass is 32.1. The topological polar surface area (TPSA) is 38.2 Å². The summed E-state index contributed by atoms with van der Waals surface area (Å²) in [6.45, 7) is 7.54. The molecule has 2 aromatic rings. The van der Waals surface area contributed by atoms with E-state index in [-0.39, 0.29) is 5.82 Å². The van der Waals surface area contributed by atoms with E-state index in [4.69, 9.17) is 21.7 Å². The number of rotatable bonds is 6. The first kappa shape index (κ1) is 21.3. The van der Waals surface area contributed by atoms with Gasteiger partial charge in [0.15, 0.2) is 16.6 Å². The first-order chi connectivity index (χ1) is 14.0. The molecule has 156 valence electrons. The van der Waals surface area contributed by atoms with Crippen LogP contribution in [0.15, 0.2) is 36.4 Å². The average molecular weight is 419 g/mol. The Morgan fingerprint density at radius 3 is 2.34 bits per heavy atom. The lowest BCUT2D eigenvalue weighted by molar-refractivity contribution is -0.917.